The molecule has 120 heavy (non-hydrogen) atoms. The Hall–Kier alpha value is -14.7. The van der Waals surface area contributed by atoms with E-state index in [4.69, 9.17) is 0 Å². The minimum Gasteiger partial charge on any atom is -0.543 e. The number of hydrogen-bond donors (Lipinski definition) is 0. The Morgan fingerprint density at radius 3 is 0.458 bits per heavy atom. The van der Waals surface area contributed by atoms with Crippen LogP contribution < -0.4 is 30.6 Å². The van der Waals surface area contributed by atoms with E-state index in [0.29, 0.717) is 34.9 Å². The Bertz CT molecular complexity index is 5520. The fourth-order valence-electron chi connectivity index (χ4n) is 10.6. The third-order valence-corrected chi connectivity index (χ3v) is 16.1. The van der Waals surface area contributed by atoms with Gasteiger partial charge in [0.2, 0.25) is 0 Å². The molecular formula is C90H58N16O12Tb2. The number of hydrogen-bond acceptors (Lipinski definition) is 28. The summed E-state index contributed by atoms with van der Waals surface area (Å²) in [4.78, 5) is 128. The van der Waals surface area contributed by atoms with Gasteiger partial charge >= 0.3 is 77.2 Å². The summed E-state index contributed by atoms with van der Waals surface area (Å²) in [7, 11) is 0. The van der Waals surface area contributed by atoms with Gasteiger partial charge in [-0.1, -0.05) is 231 Å². The van der Waals surface area contributed by atoms with Crippen LogP contribution in [-0.4, -0.2) is 116 Å². The molecule has 0 spiro atoms. The van der Waals surface area contributed by atoms with Gasteiger partial charge in [-0.3, -0.25) is 19.9 Å². The van der Waals surface area contributed by atoms with E-state index in [-0.39, 0.29) is 111 Å². The summed E-state index contributed by atoms with van der Waals surface area (Å²) in [6, 6.07) is 87.1. The zero-order valence-corrected chi connectivity index (χ0v) is 66.5. The minimum atomic E-state index is -1.30. The molecular weight excluding hydrogens is 1810 g/mol. The van der Waals surface area contributed by atoms with Crippen LogP contribution in [0.1, 0.15) is 62.9 Å². The van der Waals surface area contributed by atoms with Crippen molar-refractivity contribution in [1.29, 1.82) is 0 Å². The van der Waals surface area contributed by atoms with Gasteiger partial charge in [0.1, 0.15) is 0 Å². The molecule has 18 aromatic rings. The van der Waals surface area contributed by atoms with Crippen LogP contribution in [0.3, 0.4) is 0 Å². The maximum Gasteiger partial charge on any atom is 3.00 e. The van der Waals surface area contributed by atoms with Crippen LogP contribution in [0.25, 0.3) is 112 Å². The van der Waals surface area contributed by atoms with E-state index in [1.165, 1.54) is 73.6 Å². The van der Waals surface area contributed by atoms with E-state index in [1.54, 1.807) is 24.8 Å². The number of benzene rings is 8. The summed E-state index contributed by atoms with van der Waals surface area (Å²) in [6.45, 7) is 0. The SMILES string of the molecule is O=C([O-])c1ccnc(-c2ccccc2)n1.O=C([O-])c1ccnc(-c2ccccc2)n1.O=C([O-])c1ccnc(-c2ccccc2)n1.O=C([O-])c1ccnc(-c2ccccc2)n1.O=C([O-])c1ccnc(-c2ccccc2)n1.O=C([O-])c1ccnc(-c2ccccc2)n1.[Tb+3].[Tb+3].c1cnc2c(c1)ccc1cccnc12.c1cnc2c(c1)ccc1cccnc12. The van der Waals surface area contributed by atoms with Gasteiger partial charge in [-0.25, -0.2) is 59.8 Å². The quantitative estimate of drug-likeness (QED) is 0.103. The first-order valence-electron chi connectivity index (χ1n) is 35.3. The summed E-state index contributed by atoms with van der Waals surface area (Å²) in [6.07, 6.45) is 15.6. The summed E-state index contributed by atoms with van der Waals surface area (Å²) < 4.78 is 0. The van der Waals surface area contributed by atoms with Gasteiger partial charge < -0.3 is 59.4 Å². The second kappa shape index (κ2) is 46.1. The Balaban J connectivity index is 0.000000156. The van der Waals surface area contributed by atoms with Gasteiger partial charge in [0, 0.05) is 117 Å². The van der Waals surface area contributed by atoms with Gasteiger partial charge in [-0.2, -0.15) is 0 Å². The molecule has 0 saturated carbocycles. The smallest absolute Gasteiger partial charge is 0.543 e. The van der Waals surface area contributed by atoms with Crippen LogP contribution in [0.4, 0.5) is 0 Å². The standard InChI is InChI=1S/2C12H8N2.6C11H8N2O2.2Tb/c2*1-3-9-5-6-10-4-2-8-14-12(10)11(9)13-7-1;6*14-11(15)9-6-7-12-10(13-9)8-4-2-1-3-5-8;;/h2*1-8H;6*1-7H,(H,14,15);;/q;;;;;;;;2*+3/p-6. The Labute approximate surface area is 744 Å². The molecule has 0 atom stereocenters. The Kier molecular flexibility index (Phi) is 34.3. The van der Waals surface area contributed by atoms with E-state index in [2.05, 4.69) is 128 Å². The van der Waals surface area contributed by atoms with Crippen molar-refractivity contribution in [3.63, 3.8) is 0 Å². The zero-order chi connectivity index (χ0) is 82.8. The number of carboxylic acids is 6. The third-order valence-electron chi connectivity index (χ3n) is 16.1. The van der Waals surface area contributed by atoms with Gasteiger partial charge in [-0.15, -0.1) is 0 Å². The summed E-state index contributed by atoms with van der Waals surface area (Å²) in [5.41, 5.74) is 7.93. The average molecular weight is 1870 g/mol. The predicted molar refractivity (Wildman–Crippen MR) is 425 cm³/mol. The van der Waals surface area contributed by atoms with Gasteiger partial charge in [0.15, 0.2) is 34.9 Å². The van der Waals surface area contributed by atoms with E-state index in [9.17, 15) is 59.4 Å². The number of carbonyl (C=O) groups is 6. The number of aromatic carboxylic acids is 6. The van der Waals surface area contributed by atoms with E-state index < -0.39 is 35.8 Å². The Morgan fingerprint density at radius 1 is 0.167 bits per heavy atom. The van der Waals surface area contributed by atoms with Crippen molar-refractivity contribution >= 4 is 79.4 Å². The maximum atomic E-state index is 10.6. The fourth-order valence-corrected chi connectivity index (χ4v) is 10.6. The Morgan fingerprint density at radius 2 is 0.317 bits per heavy atom. The molecule has 0 amide bonds. The molecule has 10 heterocycles. The molecule has 0 aliphatic rings. The third kappa shape index (κ3) is 26.1. The second-order valence-corrected chi connectivity index (χ2v) is 23.9. The molecule has 10 aromatic heterocycles. The van der Waals surface area contributed by atoms with Crippen molar-refractivity contribution in [3.8, 4) is 68.3 Å². The number of nitrogens with zero attached hydrogens (tertiary/aromatic N) is 16. The first-order chi connectivity index (χ1) is 57.5. The summed E-state index contributed by atoms with van der Waals surface area (Å²) >= 11 is 0. The van der Waals surface area contributed by atoms with Crippen LogP contribution in [0, 0.1) is 77.2 Å². The minimum absolute atomic E-state index is 0. The molecule has 0 unspecified atom stereocenters. The van der Waals surface area contributed by atoms with Crippen molar-refractivity contribution in [2.45, 2.75) is 0 Å². The second-order valence-electron chi connectivity index (χ2n) is 23.9. The monoisotopic (exact) mass is 1870 g/mol. The molecule has 588 valence electrons. The number of pyridine rings is 4. The van der Waals surface area contributed by atoms with Crippen LogP contribution in [0.15, 0.2) is 353 Å². The molecule has 0 radical (unpaired) electrons. The summed E-state index contributed by atoms with van der Waals surface area (Å²) in [5.74, 6) is -5.46. The first-order valence-corrected chi connectivity index (χ1v) is 35.3. The number of rotatable bonds is 12. The number of carbonyl (C=O) groups excluding carboxylic acids is 6. The van der Waals surface area contributed by atoms with Crippen molar-refractivity contribution in [1.82, 2.24) is 79.7 Å². The summed E-state index contributed by atoms with van der Waals surface area (Å²) in [5, 5.41) is 68.0. The molecule has 30 heteroatoms. The van der Waals surface area contributed by atoms with Crippen molar-refractivity contribution < 1.29 is 137 Å². The van der Waals surface area contributed by atoms with Crippen LogP contribution in [0.2, 0.25) is 0 Å². The number of carboxylic acid groups (broad SMARTS) is 6. The first kappa shape index (κ1) is 89.2. The molecule has 0 N–H and O–H groups in total. The normalized spacial score (nSPS) is 9.93. The fraction of sp³-hybridized carbons (Fsp3) is 0. The number of aromatic nitrogens is 16. The van der Waals surface area contributed by atoms with Gasteiger partial charge in [0.25, 0.3) is 0 Å². The predicted octanol–water partition coefficient (Wildman–Crippen LogP) is 8.61. The van der Waals surface area contributed by atoms with Crippen LogP contribution >= 0.6 is 0 Å². The molecule has 0 aliphatic heterocycles. The maximum absolute atomic E-state index is 10.6. The van der Waals surface area contributed by atoms with Crippen molar-refractivity contribution in [2.24, 2.45) is 0 Å². The molecule has 0 aliphatic carbocycles. The molecule has 28 nitrogen and oxygen atoms in total. The van der Waals surface area contributed by atoms with Crippen molar-refractivity contribution in [3.05, 3.63) is 387 Å². The van der Waals surface area contributed by atoms with Crippen molar-refractivity contribution in [2.75, 3.05) is 0 Å². The van der Waals surface area contributed by atoms with E-state index in [0.717, 1.165) is 77.0 Å². The van der Waals surface area contributed by atoms with Gasteiger partial charge in [-0.05, 0) is 60.7 Å². The molecule has 0 fully saturated rings. The molecule has 8 aromatic carbocycles. The number of fused-ring (bicyclic) bond motifs is 6. The average Bonchev–Trinajstić information content (AvgIpc) is 0.798. The topological polar surface area (TPSA) is 447 Å². The molecule has 0 bridgehead atoms. The molecule has 18 rings (SSSR count). The van der Waals surface area contributed by atoms with E-state index >= 15 is 0 Å². The van der Waals surface area contributed by atoms with Crippen LogP contribution in [0.5, 0.6) is 0 Å². The van der Waals surface area contributed by atoms with Crippen LogP contribution in [-0.2, 0) is 0 Å². The van der Waals surface area contributed by atoms with E-state index in [1.807, 2.05) is 206 Å². The zero-order valence-electron chi connectivity index (χ0n) is 62.2. The van der Waals surface area contributed by atoms with Gasteiger partial charge in [0.05, 0.1) is 92.0 Å². The largest absolute Gasteiger partial charge is 3.00 e. The molecule has 0 saturated heterocycles.